The van der Waals surface area contributed by atoms with Crippen molar-refractivity contribution in [3.8, 4) is 0 Å². The molecule has 0 atom stereocenters. The number of nitrogens with zero attached hydrogens (tertiary/aromatic N) is 3. The summed E-state index contributed by atoms with van der Waals surface area (Å²) in [6.07, 6.45) is 8.04. The Labute approximate surface area is 113 Å². The molecule has 1 aromatic rings. The van der Waals surface area contributed by atoms with E-state index in [-0.39, 0.29) is 12.2 Å². The van der Waals surface area contributed by atoms with Gasteiger partial charge in [-0.25, -0.2) is 4.68 Å². The van der Waals surface area contributed by atoms with Gasteiger partial charge in [0.2, 0.25) is 0 Å². The van der Waals surface area contributed by atoms with Gasteiger partial charge in [-0.2, -0.15) is 5.10 Å². The minimum absolute atomic E-state index is 0.00782. The van der Waals surface area contributed by atoms with E-state index in [1.54, 1.807) is 16.9 Å². The van der Waals surface area contributed by atoms with Crippen molar-refractivity contribution >= 4 is 5.69 Å². The van der Waals surface area contributed by atoms with Gasteiger partial charge >= 0.3 is 0 Å². The van der Waals surface area contributed by atoms with Crippen molar-refractivity contribution in [2.75, 3.05) is 24.6 Å². The summed E-state index contributed by atoms with van der Waals surface area (Å²) in [6, 6.07) is 1.70. The molecule has 19 heavy (non-hydrogen) atoms. The lowest BCUT2D eigenvalue weighted by atomic mass is 10.2. The average Bonchev–Trinajstić information content (AvgIpc) is 2.94. The van der Waals surface area contributed by atoms with Gasteiger partial charge in [0.05, 0.1) is 11.9 Å². The normalized spacial score (nSPS) is 15.1. The van der Waals surface area contributed by atoms with Crippen LogP contribution in [0.2, 0.25) is 0 Å². The van der Waals surface area contributed by atoms with Gasteiger partial charge in [0, 0.05) is 32.3 Å². The van der Waals surface area contributed by atoms with Crippen molar-refractivity contribution in [3.05, 3.63) is 22.6 Å². The van der Waals surface area contributed by atoms with E-state index >= 15 is 0 Å². The van der Waals surface area contributed by atoms with Crippen molar-refractivity contribution < 1.29 is 5.11 Å². The maximum atomic E-state index is 12.0. The predicted molar refractivity (Wildman–Crippen MR) is 75.5 cm³/mol. The van der Waals surface area contributed by atoms with Crippen LogP contribution in [0.4, 0.5) is 5.69 Å². The summed E-state index contributed by atoms with van der Waals surface area (Å²) in [5.74, 6) is 0. The van der Waals surface area contributed by atoms with Crippen molar-refractivity contribution in [1.82, 2.24) is 9.78 Å². The molecule has 0 radical (unpaired) electrons. The van der Waals surface area contributed by atoms with Gasteiger partial charge in [0.1, 0.15) is 0 Å². The molecule has 0 amide bonds. The molecular formula is C14H23N3O2. The van der Waals surface area contributed by atoms with Crippen LogP contribution < -0.4 is 10.5 Å². The Morgan fingerprint density at radius 3 is 2.58 bits per heavy atom. The van der Waals surface area contributed by atoms with Crippen molar-refractivity contribution in [2.24, 2.45) is 0 Å². The van der Waals surface area contributed by atoms with Gasteiger partial charge in [-0.05, 0) is 25.7 Å². The third-order valence-corrected chi connectivity index (χ3v) is 3.60. The van der Waals surface area contributed by atoms with Crippen molar-refractivity contribution in [3.63, 3.8) is 0 Å². The summed E-state index contributed by atoms with van der Waals surface area (Å²) >= 11 is 0. The summed E-state index contributed by atoms with van der Waals surface area (Å²) in [7, 11) is 0. The third kappa shape index (κ3) is 4.06. The minimum Gasteiger partial charge on any atom is -0.396 e. The molecule has 1 saturated heterocycles. The summed E-state index contributed by atoms with van der Waals surface area (Å²) < 4.78 is 1.54. The van der Waals surface area contributed by atoms with E-state index < -0.39 is 0 Å². The molecule has 0 saturated carbocycles. The molecule has 5 nitrogen and oxygen atoms in total. The molecule has 0 aromatic carbocycles. The first-order valence-corrected chi connectivity index (χ1v) is 7.24. The molecule has 5 heteroatoms. The SMILES string of the molecule is O=c1cc(N2CCCC2)cnn1CCCCCCO. The highest BCUT2D eigenvalue weighted by atomic mass is 16.2. The number of unbranched alkanes of at least 4 members (excludes halogenated alkanes) is 3. The van der Waals surface area contributed by atoms with Crippen molar-refractivity contribution in [2.45, 2.75) is 45.1 Å². The maximum Gasteiger partial charge on any atom is 0.268 e. The van der Waals surface area contributed by atoms with E-state index in [9.17, 15) is 4.79 Å². The number of aromatic nitrogens is 2. The topological polar surface area (TPSA) is 58.4 Å². The zero-order valence-electron chi connectivity index (χ0n) is 11.4. The van der Waals surface area contributed by atoms with Gasteiger partial charge in [-0.3, -0.25) is 4.79 Å². The first-order valence-electron chi connectivity index (χ1n) is 7.24. The number of hydrogen-bond donors (Lipinski definition) is 1. The monoisotopic (exact) mass is 265 g/mol. The highest BCUT2D eigenvalue weighted by Gasteiger charge is 2.13. The Morgan fingerprint density at radius 2 is 1.89 bits per heavy atom. The van der Waals surface area contributed by atoms with Crippen LogP contribution in [0.15, 0.2) is 17.1 Å². The standard InChI is InChI=1S/C14H23N3O2/c18-10-6-2-1-3-9-17-14(19)11-13(12-15-17)16-7-4-5-8-16/h11-12,18H,1-10H2. The number of aryl methyl sites for hydroxylation is 1. The molecule has 2 heterocycles. The Balaban J connectivity index is 1.86. The van der Waals surface area contributed by atoms with Gasteiger partial charge in [-0.1, -0.05) is 12.8 Å². The van der Waals surface area contributed by atoms with Gasteiger partial charge in [0.25, 0.3) is 5.56 Å². The van der Waals surface area contributed by atoms with Crippen molar-refractivity contribution in [1.29, 1.82) is 0 Å². The number of aliphatic hydroxyl groups is 1. The highest BCUT2D eigenvalue weighted by molar-refractivity contribution is 5.43. The molecule has 2 rings (SSSR count). The number of hydrogen-bond acceptors (Lipinski definition) is 4. The predicted octanol–water partition coefficient (Wildman–Crippen LogP) is 1.40. The van der Waals surface area contributed by atoms with Crippen LogP contribution in [-0.4, -0.2) is 34.6 Å². The summed E-state index contributed by atoms with van der Waals surface area (Å²) in [5.41, 5.74) is 0.950. The van der Waals surface area contributed by atoms with Gasteiger partial charge in [0.15, 0.2) is 0 Å². The molecule has 106 valence electrons. The fourth-order valence-electron chi connectivity index (χ4n) is 2.47. The zero-order chi connectivity index (χ0) is 13.5. The van der Waals surface area contributed by atoms with Crippen LogP contribution in [0.5, 0.6) is 0 Å². The van der Waals surface area contributed by atoms with E-state index in [1.165, 1.54) is 12.8 Å². The fourth-order valence-corrected chi connectivity index (χ4v) is 2.47. The fraction of sp³-hybridized carbons (Fsp3) is 0.714. The summed E-state index contributed by atoms with van der Waals surface area (Å²) in [5, 5.41) is 12.9. The van der Waals surface area contributed by atoms with Crippen LogP contribution in [-0.2, 0) is 6.54 Å². The van der Waals surface area contributed by atoms with Gasteiger partial charge < -0.3 is 10.0 Å². The second kappa shape index (κ2) is 7.28. The molecule has 1 N–H and O–H groups in total. The average molecular weight is 265 g/mol. The molecule has 0 unspecified atom stereocenters. The lowest BCUT2D eigenvalue weighted by Crippen LogP contribution is -2.26. The Bertz CT molecular complexity index is 439. The van der Waals surface area contributed by atoms with E-state index in [4.69, 9.17) is 5.11 Å². The van der Waals surface area contributed by atoms with Crippen LogP contribution in [0.1, 0.15) is 38.5 Å². The van der Waals surface area contributed by atoms with E-state index in [2.05, 4.69) is 10.00 Å². The minimum atomic E-state index is -0.00782. The van der Waals surface area contributed by atoms with Crippen LogP contribution in [0, 0.1) is 0 Å². The maximum absolute atomic E-state index is 12.0. The summed E-state index contributed by atoms with van der Waals surface area (Å²) in [6.45, 7) is 2.99. The molecule has 1 fully saturated rings. The largest absolute Gasteiger partial charge is 0.396 e. The van der Waals surface area contributed by atoms with Gasteiger partial charge in [-0.15, -0.1) is 0 Å². The highest BCUT2D eigenvalue weighted by Crippen LogP contribution is 2.16. The third-order valence-electron chi connectivity index (χ3n) is 3.60. The number of rotatable bonds is 7. The summed E-state index contributed by atoms with van der Waals surface area (Å²) in [4.78, 5) is 14.2. The van der Waals surface area contributed by atoms with Crippen LogP contribution >= 0.6 is 0 Å². The lowest BCUT2D eigenvalue weighted by Gasteiger charge is -2.17. The lowest BCUT2D eigenvalue weighted by molar-refractivity contribution is 0.282. The number of aliphatic hydroxyl groups excluding tert-OH is 1. The molecule has 0 spiro atoms. The smallest absolute Gasteiger partial charge is 0.268 e. The second-order valence-electron chi connectivity index (χ2n) is 5.11. The van der Waals surface area contributed by atoms with Crippen LogP contribution in [0.25, 0.3) is 0 Å². The Morgan fingerprint density at radius 1 is 1.16 bits per heavy atom. The molecule has 0 aliphatic carbocycles. The molecule has 1 aliphatic heterocycles. The van der Waals surface area contributed by atoms with E-state index in [1.807, 2.05) is 0 Å². The molecular weight excluding hydrogens is 242 g/mol. The first kappa shape index (κ1) is 14.1. The zero-order valence-corrected chi connectivity index (χ0v) is 11.4. The first-order chi connectivity index (χ1) is 9.31. The van der Waals surface area contributed by atoms with Crippen LogP contribution in [0.3, 0.4) is 0 Å². The second-order valence-corrected chi connectivity index (χ2v) is 5.11. The molecule has 0 bridgehead atoms. The van der Waals surface area contributed by atoms with E-state index in [0.29, 0.717) is 6.54 Å². The number of anilines is 1. The molecule has 1 aromatic heterocycles. The quantitative estimate of drug-likeness (QED) is 0.757. The Kier molecular flexibility index (Phi) is 5.39. The molecule has 1 aliphatic rings. The Hall–Kier alpha value is -1.36. The van der Waals surface area contributed by atoms with E-state index in [0.717, 1.165) is 44.5 Å².